The first-order valence-electron chi connectivity index (χ1n) is 7.04. The number of rotatable bonds is 7. The number of esters is 1. The molecular formula is C15H18N4O4. The quantitative estimate of drug-likeness (QED) is 0.590. The second-order valence-electron chi connectivity index (χ2n) is 4.68. The summed E-state index contributed by atoms with van der Waals surface area (Å²) in [5, 5.41) is 10.8. The van der Waals surface area contributed by atoms with Gasteiger partial charge in [0, 0.05) is 13.7 Å². The van der Waals surface area contributed by atoms with E-state index in [0.29, 0.717) is 18.8 Å². The number of para-hydroxylation sites is 1. The summed E-state index contributed by atoms with van der Waals surface area (Å²) in [5.74, 6) is -1.09. The van der Waals surface area contributed by atoms with Crippen LogP contribution in [0, 0.1) is 6.92 Å². The fourth-order valence-corrected chi connectivity index (χ4v) is 1.79. The molecule has 1 N–H and O–H groups in total. The highest BCUT2D eigenvalue weighted by Crippen LogP contribution is 2.09. The van der Waals surface area contributed by atoms with Crippen LogP contribution < -0.4 is 5.32 Å². The number of hydrogen-bond acceptors (Lipinski definition) is 6. The summed E-state index contributed by atoms with van der Waals surface area (Å²) in [7, 11) is 1.53. The van der Waals surface area contributed by atoms with Crippen molar-refractivity contribution in [2.45, 2.75) is 6.92 Å². The predicted octanol–water partition coefficient (Wildman–Crippen LogP) is 0.495. The van der Waals surface area contributed by atoms with Crippen LogP contribution in [-0.4, -0.2) is 53.7 Å². The smallest absolute Gasteiger partial charge is 0.361 e. The second-order valence-corrected chi connectivity index (χ2v) is 4.68. The van der Waals surface area contributed by atoms with Crippen LogP contribution in [0.2, 0.25) is 0 Å². The fraction of sp³-hybridized carbons (Fsp3) is 0.333. The van der Waals surface area contributed by atoms with E-state index in [4.69, 9.17) is 9.47 Å². The number of benzene rings is 1. The number of carbonyl (C=O) groups excluding carboxylic acids is 2. The monoisotopic (exact) mass is 318 g/mol. The third-order valence-electron chi connectivity index (χ3n) is 2.93. The van der Waals surface area contributed by atoms with Gasteiger partial charge in [0.25, 0.3) is 5.91 Å². The molecule has 0 atom stereocenters. The Labute approximate surface area is 133 Å². The first-order valence-corrected chi connectivity index (χ1v) is 7.04. The first-order chi connectivity index (χ1) is 11.1. The van der Waals surface area contributed by atoms with Gasteiger partial charge in [-0.3, -0.25) is 4.79 Å². The summed E-state index contributed by atoms with van der Waals surface area (Å²) in [6, 6.07) is 9.19. The standard InChI is InChI=1S/C15H18N4O4/c1-11-14(15(21)23-10-13(20)16-8-9-22-2)18-19(17-11)12-6-4-3-5-7-12/h3-7H,8-10H2,1-2H3,(H,16,20). The summed E-state index contributed by atoms with van der Waals surface area (Å²) >= 11 is 0. The van der Waals surface area contributed by atoms with E-state index in [1.54, 1.807) is 6.92 Å². The second kappa shape index (κ2) is 8.04. The van der Waals surface area contributed by atoms with Crippen molar-refractivity contribution in [2.24, 2.45) is 0 Å². The molecule has 23 heavy (non-hydrogen) atoms. The molecule has 2 rings (SSSR count). The SMILES string of the molecule is COCCNC(=O)COC(=O)c1nn(-c2ccccc2)nc1C. The van der Waals surface area contributed by atoms with E-state index in [0.717, 1.165) is 5.69 Å². The molecule has 1 aromatic heterocycles. The predicted molar refractivity (Wildman–Crippen MR) is 81.3 cm³/mol. The first kappa shape index (κ1) is 16.6. The lowest BCUT2D eigenvalue weighted by molar-refractivity contribution is -0.124. The molecule has 0 saturated carbocycles. The van der Waals surface area contributed by atoms with E-state index in [-0.39, 0.29) is 12.3 Å². The zero-order valence-corrected chi connectivity index (χ0v) is 13.0. The van der Waals surface area contributed by atoms with E-state index in [1.807, 2.05) is 30.3 Å². The molecule has 8 nitrogen and oxygen atoms in total. The van der Waals surface area contributed by atoms with Gasteiger partial charge in [0.2, 0.25) is 0 Å². The van der Waals surface area contributed by atoms with Gasteiger partial charge < -0.3 is 14.8 Å². The summed E-state index contributed by atoms with van der Waals surface area (Å²) in [5.41, 5.74) is 1.24. The molecule has 0 radical (unpaired) electrons. The average Bonchev–Trinajstić information content (AvgIpc) is 2.96. The van der Waals surface area contributed by atoms with E-state index in [2.05, 4.69) is 15.5 Å². The largest absolute Gasteiger partial charge is 0.451 e. The van der Waals surface area contributed by atoms with Gasteiger partial charge in [-0.05, 0) is 19.1 Å². The molecule has 1 aromatic carbocycles. The van der Waals surface area contributed by atoms with Crippen LogP contribution in [-0.2, 0) is 14.3 Å². The van der Waals surface area contributed by atoms with Gasteiger partial charge in [-0.25, -0.2) is 4.79 Å². The third kappa shape index (κ3) is 4.62. The number of nitrogens with zero attached hydrogens (tertiary/aromatic N) is 3. The Morgan fingerprint density at radius 2 is 1.96 bits per heavy atom. The van der Waals surface area contributed by atoms with Crippen LogP contribution in [0.4, 0.5) is 0 Å². The lowest BCUT2D eigenvalue weighted by Crippen LogP contribution is -2.31. The maximum atomic E-state index is 12.0. The molecule has 0 fully saturated rings. The maximum Gasteiger partial charge on any atom is 0.361 e. The Balaban J connectivity index is 1.95. The van der Waals surface area contributed by atoms with Crippen molar-refractivity contribution < 1.29 is 19.1 Å². The zero-order chi connectivity index (χ0) is 16.7. The molecule has 0 aliphatic carbocycles. The van der Waals surface area contributed by atoms with Gasteiger partial charge in [0.15, 0.2) is 12.3 Å². The van der Waals surface area contributed by atoms with Crippen molar-refractivity contribution in [1.82, 2.24) is 20.3 Å². The Morgan fingerprint density at radius 1 is 1.22 bits per heavy atom. The van der Waals surface area contributed by atoms with Crippen molar-refractivity contribution in [3.05, 3.63) is 41.7 Å². The summed E-state index contributed by atoms with van der Waals surface area (Å²) in [6.45, 7) is 2.03. The van der Waals surface area contributed by atoms with Crippen LogP contribution >= 0.6 is 0 Å². The lowest BCUT2D eigenvalue weighted by Gasteiger charge is -2.05. The van der Waals surface area contributed by atoms with Gasteiger partial charge in [0.05, 0.1) is 18.0 Å². The molecular weight excluding hydrogens is 300 g/mol. The van der Waals surface area contributed by atoms with Crippen LogP contribution in [0.15, 0.2) is 30.3 Å². The summed E-state index contributed by atoms with van der Waals surface area (Å²) in [4.78, 5) is 24.8. The molecule has 0 bridgehead atoms. The van der Waals surface area contributed by atoms with E-state index in [1.165, 1.54) is 11.9 Å². The highest BCUT2D eigenvalue weighted by molar-refractivity contribution is 5.90. The minimum absolute atomic E-state index is 0.0820. The molecule has 0 spiro atoms. The molecule has 1 amide bonds. The molecule has 0 aliphatic rings. The number of hydrogen-bond donors (Lipinski definition) is 1. The molecule has 1 heterocycles. The van der Waals surface area contributed by atoms with Crippen molar-refractivity contribution in [3.63, 3.8) is 0 Å². The average molecular weight is 318 g/mol. The maximum absolute atomic E-state index is 12.0. The number of amides is 1. The molecule has 122 valence electrons. The number of aryl methyl sites for hydroxylation is 1. The minimum atomic E-state index is -0.688. The highest BCUT2D eigenvalue weighted by atomic mass is 16.5. The van der Waals surface area contributed by atoms with Crippen LogP contribution in [0.1, 0.15) is 16.2 Å². The van der Waals surface area contributed by atoms with Crippen LogP contribution in [0.3, 0.4) is 0 Å². The van der Waals surface area contributed by atoms with Crippen molar-refractivity contribution in [2.75, 3.05) is 26.9 Å². The van der Waals surface area contributed by atoms with Crippen molar-refractivity contribution >= 4 is 11.9 Å². The van der Waals surface area contributed by atoms with Crippen LogP contribution in [0.5, 0.6) is 0 Å². The van der Waals surface area contributed by atoms with Gasteiger partial charge in [-0.1, -0.05) is 18.2 Å². The number of ether oxygens (including phenoxy) is 2. The number of nitrogens with one attached hydrogen (secondary N) is 1. The fourth-order valence-electron chi connectivity index (χ4n) is 1.79. The third-order valence-corrected chi connectivity index (χ3v) is 2.93. The molecule has 0 unspecified atom stereocenters. The Kier molecular flexibility index (Phi) is 5.81. The van der Waals surface area contributed by atoms with Crippen molar-refractivity contribution in [1.29, 1.82) is 0 Å². The van der Waals surface area contributed by atoms with Crippen LogP contribution in [0.25, 0.3) is 5.69 Å². The number of methoxy groups -OCH3 is 1. The van der Waals surface area contributed by atoms with Gasteiger partial charge in [-0.15, -0.1) is 5.10 Å². The molecule has 2 aromatic rings. The van der Waals surface area contributed by atoms with Gasteiger partial charge >= 0.3 is 5.97 Å². The molecule has 0 aliphatic heterocycles. The van der Waals surface area contributed by atoms with Crippen molar-refractivity contribution in [3.8, 4) is 5.69 Å². The highest BCUT2D eigenvalue weighted by Gasteiger charge is 2.18. The Morgan fingerprint density at radius 3 is 2.65 bits per heavy atom. The summed E-state index contributed by atoms with van der Waals surface area (Å²) in [6.07, 6.45) is 0. The molecule has 8 heteroatoms. The lowest BCUT2D eigenvalue weighted by atomic mass is 10.3. The van der Waals surface area contributed by atoms with Gasteiger partial charge in [-0.2, -0.15) is 9.90 Å². The topological polar surface area (TPSA) is 95.3 Å². The Bertz CT molecular complexity index is 669. The van der Waals surface area contributed by atoms with E-state index >= 15 is 0 Å². The zero-order valence-electron chi connectivity index (χ0n) is 13.0. The van der Waals surface area contributed by atoms with E-state index in [9.17, 15) is 9.59 Å². The minimum Gasteiger partial charge on any atom is -0.451 e. The number of aromatic nitrogens is 3. The van der Waals surface area contributed by atoms with Gasteiger partial charge in [0.1, 0.15) is 0 Å². The summed E-state index contributed by atoms with van der Waals surface area (Å²) < 4.78 is 9.75. The van der Waals surface area contributed by atoms with E-state index < -0.39 is 11.9 Å². The normalized spacial score (nSPS) is 10.3. The molecule has 0 saturated heterocycles. The number of carbonyl (C=O) groups is 2. The Hall–Kier alpha value is -2.74.